The van der Waals surface area contributed by atoms with E-state index < -0.39 is 0 Å². The lowest BCUT2D eigenvalue weighted by atomic mass is 10.1. The quantitative estimate of drug-likeness (QED) is 0.625. The highest BCUT2D eigenvalue weighted by Gasteiger charge is 2.11. The van der Waals surface area contributed by atoms with Gasteiger partial charge in [-0.25, -0.2) is 0 Å². The molecular formula is C20H21N5O2S. The molecule has 0 aliphatic heterocycles. The number of carbonyl (C=O) groups excluding carboxylic acids is 2. The second-order valence-corrected chi connectivity index (χ2v) is 7.36. The predicted molar refractivity (Wildman–Crippen MR) is 111 cm³/mol. The Morgan fingerprint density at radius 3 is 2.68 bits per heavy atom. The highest BCUT2D eigenvalue weighted by molar-refractivity contribution is 7.99. The van der Waals surface area contributed by atoms with E-state index in [1.54, 1.807) is 35.2 Å². The Kier molecular flexibility index (Phi) is 6.10. The van der Waals surface area contributed by atoms with Gasteiger partial charge in [-0.2, -0.15) is 0 Å². The maximum absolute atomic E-state index is 12.6. The molecule has 0 bridgehead atoms. The molecule has 0 saturated heterocycles. The van der Waals surface area contributed by atoms with Gasteiger partial charge in [0.1, 0.15) is 6.33 Å². The maximum Gasteiger partial charge on any atom is 0.255 e. The fourth-order valence-electron chi connectivity index (χ4n) is 2.53. The third-order valence-corrected chi connectivity index (χ3v) is 5.09. The molecule has 2 aromatic carbocycles. The average Bonchev–Trinajstić information content (AvgIpc) is 3.08. The summed E-state index contributed by atoms with van der Waals surface area (Å²) in [6.45, 7) is 3.92. The number of benzene rings is 2. The van der Waals surface area contributed by atoms with Crippen molar-refractivity contribution in [2.24, 2.45) is 7.05 Å². The second kappa shape index (κ2) is 8.71. The number of carbonyl (C=O) groups is 2. The zero-order valence-corrected chi connectivity index (χ0v) is 16.7. The minimum atomic E-state index is -0.224. The minimum absolute atomic E-state index is 0.180. The van der Waals surface area contributed by atoms with Crippen LogP contribution in [0.15, 0.2) is 53.9 Å². The molecule has 28 heavy (non-hydrogen) atoms. The molecule has 7 nitrogen and oxygen atoms in total. The van der Waals surface area contributed by atoms with Crippen molar-refractivity contribution in [1.82, 2.24) is 14.8 Å². The van der Waals surface area contributed by atoms with Gasteiger partial charge in [0.05, 0.1) is 5.75 Å². The number of hydrogen-bond donors (Lipinski definition) is 2. The predicted octanol–water partition coefficient (Wildman–Crippen LogP) is 3.42. The summed E-state index contributed by atoms with van der Waals surface area (Å²) in [5.41, 5.74) is 3.88. The van der Waals surface area contributed by atoms with Gasteiger partial charge in [0.15, 0.2) is 5.16 Å². The zero-order valence-electron chi connectivity index (χ0n) is 15.9. The summed E-state index contributed by atoms with van der Waals surface area (Å²) >= 11 is 1.29. The number of aromatic nitrogens is 3. The molecule has 0 spiro atoms. The lowest BCUT2D eigenvalue weighted by molar-refractivity contribution is -0.113. The van der Waals surface area contributed by atoms with E-state index in [-0.39, 0.29) is 17.6 Å². The van der Waals surface area contributed by atoms with Crippen LogP contribution in [0, 0.1) is 13.8 Å². The van der Waals surface area contributed by atoms with Crippen LogP contribution in [-0.4, -0.2) is 32.3 Å². The van der Waals surface area contributed by atoms with Gasteiger partial charge in [-0.3, -0.25) is 9.59 Å². The zero-order chi connectivity index (χ0) is 20.1. The van der Waals surface area contributed by atoms with Crippen LogP contribution >= 0.6 is 11.8 Å². The van der Waals surface area contributed by atoms with E-state index in [4.69, 9.17) is 0 Å². The number of nitrogens with one attached hydrogen (secondary N) is 2. The molecule has 0 aliphatic rings. The molecule has 0 aliphatic carbocycles. The van der Waals surface area contributed by atoms with Crippen LogP contribution in [0.2, 0.25) is 0 Å². The molecule has 2 amide bonds. The molecule has 8 heteroatoms. The first-order chi connectivity index (χ1) is 13.4. The number of thioether (sulfide) groups is 1. The lowest BCUT2D eigenvalue weighted by Crippen LogP contribution is -2.16. The Balaban J connectivity index is 1.63. The standard InChI is InChI=1S/C20H21N5O2S/c1-13-7-8-14(2)17(9-13)23-19(27)15-5-4-6-16(10-15)22-18(26)11-28-20-24-21-12-25(20)3/h4-10,12H,11H2,1-3H3,(H,22,26)(H,23,27). The molecule has 144 valence electrons. The van der Waals surface area contributed by atoms with E-state index >= 15 is 0 Å². The molecule has 2 N–H and O–H groups in total. The molecule has 0 atom stereocenters. The van der Waals surface area contributed by atoms with Gasteiger partial charge in [-0.15, -0.1) is 10.2 Å². The number of aryl methyl sites for hydroxylation is 3. The third kappa shape index (κ3) is 4.98. The minimum Gasteiger partial charge on any atom is -0.325 e. The molecule has 3 rings (SSSR count). The normalized spacial score (nSPS) is 10.5. The number of rotatable bonds is 6. The summed E-state index contributed by atoms with van der Waals surface area (Å²) in [6, 6.07) is 12.8. The van der Waals surface area contributed by atoms with Crippen LogP contribution in [0.5, 0.6) is 0 Å². The largest absolute Gasteiger partial charge is 0.325 e. The van der Waals surface area contributed by atoms with Crippen LogP contribution in [0.1, 0.15) is 21.5 Å². The Morgan fingerprint density at radius 1 is 1.11 bits per heavy atom. The average molecular weight is 395 g/mol. The fourth-order valence-corrected chi connectivity index (χ4v) is 3.22. The van der Waals surface area contributed by atoms with Crippen molar-refractivity contribution < 1.29 is 9.59 Å². The van der Waals surface area contributed by atoms with E-state index in [0.717, 1.165) is 16.8 Å². The molecule has 1 heterocycles. The number of anilines is 2. The fraction of sp³-hybridized carbons (Fsp3) is 0.200. The van der Waals surface area contributed by atoms with E-state index in [2.05, 4.69) is 20.8 Å². The van der Waals surface area contributed by atoms with Crippen LogP contribution in [0.4, 0.5) is 11.4 Å². The Labute approximate surface area is 167 Å². The van der Waals surface area contributed by atoms with Gasteiger partial charge in [0.25, 0.3) is 5.91 Å². The van der Waals surface area contributed by atoms with Crippen molar-refractivity contribution >= 4 is 35.0 Å². The highest BCUT2D eigenvalue weighted by atomic mass is 32.2. The smallest absolute Gasteiger partial charge is 0.255 e. The molecular weight excluding hydrogens is 374 g/mol. The lowest BCUT2D eigenvalue weighted by Gasteiger charge is -2.11. The Bertz CT molecular complexity index is 1020. The Hall–Kier alpha value is -3.13. The summed E-state index contributed by atoms with van der Waals surface area (Å²) in [6.07, 6.45) is 1.58. The van der Waals surface area contributed by atoms with Crippen LogP contribution in [-0.2, 0) is 11.8 Å². The van der Waals surface area contributed by atoms with Crippen molar-refractivity contribution in [1.29, 1.82) is 0 Å². The van der Waals surface area contributed by atoms with Gasteiger partial charge >= 0.3 is 0 Å². The first-order valence-electron chi connectivity index (χ1n) is 8.67. The van der Waals surface area contributed by atoms with Gasteiger partial charge in [0.2, 0.25) is 5.91 Å². The number of amides is 2. The van der Waals surface area contributed by atoms with Crippen molar-refractivity contribution in [2.75, 3.05) is 16.4 Å². The summed E-state index contributed by atoms with van der Waals surface area (Å²) in [5.74, 6) is -0.204. The topological polar surface area (TPSA) is 88.9 Å². The summed E-state index contributed by atoms with van der Waals surface area (Å²) in [4.78, 5) is 24.8. The van der Waals surface area contributed by atoms with Crippen molar-refractivity contribution in [3.63, 3.8) is 0 Å². The molecule has 0 unspecified atom stereocenters. The molecule has 3 aromatic rings. The monoisotopic (exact) mass is 395 g/mol. The van der Waals surface area contributed by atoms with E-state index in [1.807, 2.05) is 39.1 Å². The van der Waals surface area contributed by atoms with Crippen molar-refractivity contribution in [2.45, 2.75) is 19.0 Å². The SMILES string of the molecule is Cc1ccc(C)c(NC(=O)c2cccc(NC(=O)CSc3nncn3C)c2)c1. The summed E-state index contributed by atoms with van der Waals surface area (Å²) in [5, 5.41) is 14.1. The van der Waals surface area contributed by atoms with Gasteiger partial charge < -0.3 is 15.2 Å². The molecule has 0 saturated carbocycles. The molecule has 0 fully saturated rings. The number of hydrogen-bond acceptors (Lipinski definition) is 5. The highest BCUT2D eigenvalue weighted by Crippen LogP contribution is 2.19. The third-order valence-electron chi connectivity index (χ3n) is 4.05. The van der Waals surface area contributed by atoms with Gasteiger partial charge in [0, 0.05) is 24.0 Å². The summed E-state index contributed by atoms with van der Waals surface area (Å²) in [7, 11) is 1.82. The Morgan fingerprint density at radius 2 is 1.93 bits per heavy atom. The molecule has 0 radical (unpaired) electrons. The van der Waals surface area contributed by atoms with Crippen LogP contribution in [0.25, 0.3) is 0 Å². The van der Waals surface area contributed by atoms with Gasteiger partial charge in [-0.05, 0) is 49.2 Å². The van der Waals surface area contributed by atoms with Crippen molar-refractivity contribution in [3.8, 4) is 0 Å². The maximum atomic E-state index is 12.6. The van der Waals surface area contributed by atoms with Crippen molar-refractivity contribution in [3.05, 3.63) is 65.5 Å². The first kappa shape index (κ1) is 19.6. The van der Waals surface area contributed by atoms with Gasteiger partial charge in [-0.1, -0.05) is 30.0 Å². The van der Waals surface area contributed by atoms with Crippen LogP contribution < -0.4 is 10.6 Å². The number of nitrogens with zero attached hydrogens (tertiary/aromatic N) is 3. The summed E-state index contributed by atoms with van der Waals surface area (Å²) < 4.78 is 1.75. The van der Waals surface area contributed by atoms with E-state index in [0.29, 0.717) is 16.4 Å². The second-order valence-electron chi connectivity index (χ2n) is 6.41. The van der Waals surface area contributed by atoms with Crippen LogP contribution in [0.3, 0.4) is 0 Å². The molecule has 1 aromatic heterocycles. The van der Waals surface area contributed by atoms with E-state index in [9.17, 15) is 9.59 Å². The van der Waals surface area contributed by atoms with E-state index in [1.165, 1.54) is 11.8 Å². The first-order valence-corrected chi connectivity index (χ1v) is 9.66.